The number of hydrogen-bond acceptors (Lipinski definition) is 1. The van der Waals surface area contributed by atoms with Crippen molar-refractivity contribution in [1.29, 1.82) is 0 Å². The van der Waals surface area contributed by atoms with Gasteiger partial charge in [-0.05, 0) is 19.1 Å². The van der Waals surface area contributed by atoms with Crippen LogP contribution in [0.15, 0.2) is 54.7 Å². The summed E-state index contributed by atoms with van der Waals surface area (Å²) in [4.78, 5) is 4.31. The maximum atomic E-state index is 4.31. The highest BCUT2D eigenvalue weighted by atomic mass is 14.9. The third-order valence-electron chi connectivity index (χ3n) is 2.73. The van der Waals surface area contributed by atoms with E-state index in [0.717, 1.165) is 12.2 Å². The zero-order chi connectivity index (χ0) is 11.2. The molecule has 2 N–H and O–H groups in total. The van der Waals surface area contributed by atoms with Crippen molar-refractivity contribution in [3.8, 4) is 0 Å². The van der Waals surface area contributed by atoms with E-state index in [-0.39, 0.29) is 0 Å². The molecule has 0 spiro atoms. The Labute approximate surface area is 96.4 Å². The second kappa shape index (κ2) is 5.42. The Morgan fingerprint density at radius 3 is 2.50 bits per heavy atom. The highest BCUT2D eigenvalue weighted by Crippen LogP contribution is 2.06. The lowest BCUT2D eigenvalue weighted by atomic mass is 10.1. The molecule has 0 aliphatic heterocycles. The van der Waals surface area contributed by atoms with Gasteiger partial charge in [-0.2, -0.15) is 0 Å². The van der Waals surface area contributed by atoms with Crippen LogP contribution in [0.4, 0.5) is 0 Å². The van der Waals surface area contributed by atoms with Crippen LogP contribution in [0.2, 0.25) is 0 Å². The Hall–Kier alpha value is -1.67. The second-order valence-corrected chi connectivity index (χ2v) is 3.96. The summed E-state index contributed by atoms with van der Waals surface area (Å²) in [5.41, 5.74) is 2.49. The lowest BCUT2D eigenvalue weighted by Crippen LogP contribution is -2.83. The van der Waals surface area contributed by atoms with Gasteiger partial charge in [-0.3, -0.25) is 4.98 Å². The first-order valence-electron chi connectivity index (χ1n) is 5.64. The summed E-state index contributed by atoms with van der Waals surface area (Å²) < 4.78 is 0. The first-order valence-corrected chi connectivity index (χ1v) is 5.64. The van der Waals surface area contributed by atoms with E-state index in [4.69, 9.17) is 0 Å². The van der Waals surface area contributed by atoms with Crippen LogP contribution in [0.5, 0.6) is 0 Å². The van der Waals surface area contributed by atoms with Crippen LogP contribution < -0.4 is 5.32 Å². The molecule has 1 atom stereocenters. The molecule has 0 unspecified atom stereocenters. The molecule has 0 bridgehead atoms. The largest absolute Gasteiger partial charge is 0.335 e. The SMILES string of the molecule is C[C@H]([NH2+]Cc1ccccn1)c1ccccc1. The van der Waals surface area contributed by atoms with Crippen LogP contribution in [0.1, 0.15) is 24.2 Å². The van der Waals surface area contributed by atoms with Crippen LogP contribution in [-0.2, 0) is 6.54 Å². The first kappa shape index (κ1) is 10.8. The van der Waals surface area contributed by atoms with Gasteiger partial charge < -0.3 is 5.32 Å². The van der Waals surface area contributed by atoms with Crippen molar-refractivity contribution in [2.24, 2.45) is 0 Å². The topological polar surface area (TPSA) is 29.5 Å². The lowest BCUT2D eigenvalue weighted by Gasteiger charge is -2.10. The molecule has 1 heterocycles. The number of aromatic nitrogens is 1. The average molecular weight is 213 g/mol. The van der Waals surface area contributed by atoms with Crippen LogP contribution in [-0.4, -0.2) is 4.98 Å². The van der Waals surface area contributed by atoms with Gasteiger partial charge in [0.2, 0.25) is 0 Å². The molecule has 0 aliphatic rings. The third-order valence-corrected chi connectivity index (χ3v) is 2.73. The summed E-state index contributed by atoms with van der Waals surface area (Å²) in [7, 11) is 0. The van der Waals surface area contributed by atoms with Crippen molar-refractivity contribution in [3.05, 3.63) is 66.0 Å². The summed E-state index contributed by atoms with van der Waals surface area (Å²) in [5, 5.41) is 2.30. The van der Waals surface area contributed by atoms with E-state index in [9.17, 15) is 0 Å². The number of nitrogens with zero attached hydrogens (tertiary/aromatic N) is 1. The Bertz CT molecular complexity index is 411. The molecule has 0 fully saturated rings. The molecule has 16 heavy (non-hydrogen) atoms. The third kappa shape index (κ3) is 2.91. The quantitative estimate of drug-likeness (QED) is 0.826. The van der Waals surface area contributed by atoms with Crippen LogP contribution in [0, 0.1) is 0 Å². The fourth-order valence-corrected chi connectivity index (χ4v) is 1.71. The van der Waals surface area contributed by atoms with Gasteiger partial charge in [-0.25, -0.2) is 0 Å². The van der Waals surface area contributed by atoms with E-state index in [1.165, 1.54) is 5.56 Å². The number of rotatable bonds is 4. The summed E-state index contributed by atoms with van der Waals surface area (Å²) in [6.45, 7) is 3.15. The van der Waals surface area contributed by atoms with Gasteiger partial charge >= 0.3 is 0 Å². The molecular weight excluding hydrogens is 196 g/mol. The van der Waals surface area contributed by atoms with Crippen molar-refractivity contribution in [2.75, 3.05) is 0 Å². The smallest absolute Gasteiger partial charge is 0.119 e. The van der Waals surface area contributed by atoms with Gasteiger partial charge in [0.15, 0.2) is 0 Å². The summed E-state index contributed by atoms with van der Waals surface area (Å²) in [6, 6.07) is 17.1. The summed E-state index contributed by atoms with van der Waals surface area (Å²) >= 11 is 0. The minimum atomic E-state index is 0.475. The van der Waals surface area contributed by atoms with E-state index in [1.54, 1.807) is 0 Å². The van der Waals surface area contributed by atoms with Gasteiger partial charge in [0.05, 0.1) is 5.69 Å². The van der Waals surface area contributed by atoms with E-state index in [0.29, 0.717) is 6.04 Å². The number of nitrogens with two attached hydrogens (primary N) is 1. The molecule has 1 aromatic carbocycles. The van der Waals surface area contributed by atoms with Crippen LogP contribution in [0.3, 0.4) is 0 Å². The Morgan fingerprint density at radius 2 is 1.81 bits per heavy atom. The van der Waals surface area contributed by atoms with Gasteiger partial charge in [0.1, 0.15) is 12.6 Å². The maximum absolute atomic E-state index is 4.31. The van der Waals surface area contributed by atoms with Crippen molar-refractivity contribution < 1.29 is 5.32 Å². The zero-order valence-corrected chi connectivity index (χ0v) is 9.51. The maximum Gasteiger partial charge on any atom is 0.119 e. The molecule has 82 valence electrons. The minimum absolute atomic E-state index is 0.475. The van der Waals surface area contributed by atoms with Crippen molar-refractivity contribution in [1.82, 2.24) is 4.98 Å². The second-order valence-electron chi connectivity index (χ2n) is 3.96. The molecule has 0 amide bonds. The fraction of sp³-hybridized carbons (Fsp3) is 0.214. The number of pyridine rings is 1. The van der Waals surface area contributed by atoms with E-state index >= 15 is 0 Å². The number of benzene rings is 1. The lowest BCUT2D eigenvalue weighted by molar-refractivity contribution is -0.708. The van der Waals surface area contributed by atoms with Gasteiger partial charge in [0.25, 0.3) is 0 Å². The molecule has 0 aliphatic carbocycles. The number of hydrogen-bond donors (Lipinski definition) is 1. The molecule has 2 heteroatoms. The van der Waals surface area contributed by atoms with Crippen molar-refractivity contribution >= 4 is 0 Å². The van der Waals surface area contributed by atoms with Crippen LogP contribution in [0.25, 0.3) is 0 Å². The Balaban J connectivity index is 1.92. The highest BCUT2D eigenvalue weighted by Gasteiger charge is 2.07. The molecule has 2 nitrogen and oxygen atoms in total. The van der Waals surface area contributed by atoms with Gasteiger partial charge in [-0.1, -0.05) is 36.4 Å². The zero-order valence-electron chi connectivity index (χ0n) is 9.51. The molecule has 0 radical (unpaired) electrons. The predicted molar refractivity (Wildman–Crippen MR) is 64.7 cm³/mol. The van der Waals surface area contributed by atoms with E-state index < -0.39 is 0 Å². The molecular formula is C14H17N2+. The molecule has 2 rings (SSSR count). The monoisotopic (exact) mass is 213 g/mol. The Morgan fingerprint density at radius 1 is 1.06 bits per heavy atom. The van der Waals surface area contributed by atoms with Gasteiger partial charge in [-0.15, -0.1) is 0 Å². The van der Waals surface area contributed by atoms with Gasteiger partial charge in [0, 0.05) is 11.8 Å². The first-order chi connectivity index (χ1) is 7.86. The fourth-order valence-electron chi connectivity index (χ4n) is 1.71. The molecule has 0 saturated carbocycles. The van der Waals surface area contributed by atoms with Crippen molar-refractivity contribution in [2.45, 2.75) is 19.5 Å². The Kier molecular flexibility index (Phi) is 3.67. The van der Waals surface area contributed by atoms with Crippen LogP contribution >= 0.6 is 0 Å². The predicted octanol–water partition coefficient (Wildman–Crippen LogP) is 1.91. The molecule has 1 aromatic heterocycles. The summed E-state index contributed by atoms with van der Waals surface area (Å²) in [5.74, 6) is 0. The highest BCUT2D eigenvalue weighted by molar-refractivity contribution is 5.16. The normalized spacial score (nSPS) is 12.3. The summed E-state index contributed by atoms with van der Waals surface area (Å²) in [6.07, 6.45) is 1.84. The standard InChI is InChI=1S/C14H16N2/c1-12(13-7-3-2-4-8-13)16-11-14-9-5-6-10-15-14/h2-10,12,16H,11H2,1H3/p+1/t12-/m0/s1. The molecule has 0 saturated heterocycles. The molecule has 2 aromatic rings. The van der Waals surface area contributed by atoms with E-state index in [2.05, 4.69) is 53.6 Å². The van der Waals surface area contributed by atoms with Crippen molar-refractivity contribution in [3.63, 3.8) is 0 Å². The minimum Gasteiger partial charge on any atom is -0.335 e. The van der Waals surface area contributed by atoms with E-state index in [1.807, 2.05) is 18.3 Å². The number of quaternary nitrogens is 1. The average Bonchev–Trinajstić information content (AvgIpc) is 2.38.